The molecule has 140 valence electrons. The first-order valence-corrected chi connectivity index (χ1v) is 8.63. The highest BCUT2D eigenvalue weighted by atomic mass is 16.2. The summed E-state index contributed by atoms with van der Waals surface area (Å²) in [5.41, 5.74) is -0.971. The minimum absolute atomic E-state index is 0.201. The molecule has 1 aliphatic heterocycles. The van der Waals surface area contributed by atoms with Crippen LogP contribution in [0.15, 0.2) is 43.0 Å². The molecule has 1 heterocycles. The standard InChI is InChI=1S/C23H20N2O3/c1-5-12-19(18-13-10-9-11-14-18)23(15-6-2)20(26)24(16-7-3)22(28)25(17-8-4)21(23)27/h2-5,9-11,13-14,19H,1,12,15-17H2. The number of barbiturate groups is 1. The zero-order chi connectivity index (χ0) is 20.7. The highest BCUT2D eigenvalue weighted by molar-refractivity contribution is 6.20. The van der Waals surface area contributed by atoms with Gasteiger partial charge in [-0.2, -0.15) is 0 Å². The number of nitrogens with zero attached hydrogens (tertiary/aromatic N) is 2. The molecule has 1 fully saturated rings. The van der Waals surface area contributed by atoms with Crippen molar-refractivity contribution in [2.75, 3.05) is 13.1 Å². The molecule has 0 N–H and O–H groups in total. The van der Waals surface area contributed by atoms with Crippen LogP contribution in [-0.4, -0.2) is 40.7 Å². The maximum absolute atomic E-state index is 13.5. The monoisotopic (exact) mass is 372 g/mol. The second-order valence-electron chi connectivity index (χ2n) is 6.31. The summed E-state index contributed by atoms with van der Waals surface area (Å²) < 4.78 is 0. The molecule has 0 aromatic heterocycles. The van der Waals surface area contributed by atoms with Crippen molar-refractivity contribution in [1.82, 2.24) is 9.80 Å². The molecule has 5 nitrogen and oxygen atoms in total. The van der Waals surface area contributed by atoms with E-state index in [2.05, 4.69) is 24.3 Å². The Bertz CT molecular complexity index is 874. The SMILES string of the molecule is C#CCN1C(=O)N(CC#C)C(=O)C(CC#C)(C(CC=C)c2ccccc2)C1=O. The Hall–Kier alpha value is -3.75. The van der Waals surface area contributed by atoms with Gasteiger partial charge in [-0.05, 0) is 12.0 Å². The lowest BCUT2D eigenvalue weighted by atomic mass is 9.65. The fraction of sp³-hybridized carbons (Fsp3) is 0.261. The summed E-state index contributed by atoms with van der Waals surface area (Å²) in [5, 5.41) is 0. The molecular weight excluding hydrogens is 352 g/mol. The molecule has 1 aromatic rings. The molecule has 4 amide bonds. The van der Waals surface area contributed by atoms with Gasteiger partial charge in [0.2, 0.25) is 11.8 Å². The molecular formula is C23H20N2O3. The Morgan fingerprint density at radius 2 is 1.50 bits per heavy atom. The van der Waals surface area contributed by atoms with Crippen molar-refractivity contribution in [2.45, 2.75) is 18.8 Å². The van der Waals surface area contributed by atoms with Crippen LogP contribution < -0.4 is 0 Å². The number of amides is 4. The number of hydrogen-bond donors (Lipinski definition) is 0. The van der Waals surface area contributed by atoms with Crippen LogP contribution in [0.3, 0.4) is 0 Å². The van der Waals surface area contributed by atoms with E-state index in [1.54, 1.807) is 30.3 Å². The van der Waals surface area contributed by atoms with Crippen LogP contribution in [0.4, 0.5) is 4.79 Å². The largest absolute Gasteiger partial charge is 0.335 e. The first-order valence-electron chi connectivity index (χ1n) is 8.63. The zero-order valence-corrected chi connectivity index (χ0v) is 15.4. The summed E-state index contributed by atoms with van der Waals surface area (Å²) in [6.07, 6.45) is 18.0. The molecule has 28 heavy (non-hydrogen) atoms. The van der Waals surface area contributed by atoms with E-state index in [1.165, 1.54) is 0 Å². The summed E-state index contributed by atoms with van der Waals surface area (Å²) in [7, 11) is 0. The second-order valence-corrected chi connectivity index (χ2v) is 6.31. The number of terminal acetylenes is 3. The number of imide groups is 2. The molecule has 1 aromatic carbocycles. The summed E-state index contributed by atoms with van der Waals surface area (Å²) in [4.78, 5) is 41.4. The summed E-state index contributed by atoms with van der Waals surface area (Å²) >= 11 is 0. The molecule has 1 aliphatic rings. The van der Waals surface area contributed by atoms with E-state index in [4.69, 9.17) is 19.3 Å². The van der Waals surface area contributed by atoms with Crippen LogP contribution in [0.25, 0.3) is 0 Å². The van der Waals surface area contributed by atoms with Crippen molar-refractivity contribution in [1.29, 1.82) is 0 Å². The van der Waals surface area contributed by atoms with Gasteiger partial charge >= 0.3 is 6.03 Å². The fourth-order valence-corrected chi connectivity index (χ4v) is 3.56. The third-order valence-electron chi connectivity index (χ3n) is 4.79. The van der Waals surface area contributed by atoms with Gasteiger partial charge in [-0.1, -0.05) is 48.2 Å². The van der Waals surface area contributed by atoms with Crippen molar-refractivity contribution in [3.05, 3.63) is 48.6 Å². The summed E-state index contributed by atoms with van der Waals surface area (Å²) in [6, 6.07) is 8.21. The van der Waals surface area contributed by atoms with E-state index in [-0.39, 0.29) is 19.5 Å². The zero-order valence-electron chi connectivity index (χ0n) is 15.4. The molecule has 1 unspecified atom stereocenters. The van der Waals surface area contributed by atoms with Crippen LogP contribution in [0.1, 0.15) is 24.3 Å². The van der Waals surface area contributed by atoms with Gasteiger partial charge in [-0.25, -0.2) is 4.79 Å². The maximum atomic E-state index is 13.5. The first kappa shape index (κ1) is 20.6. The smallest absolute Gasteiger partial charge is 0.273 e. The molecule has 0 aliphatic carbocycles. The molecule has 0 radical (unpaired) electrons. The van der Waals surface area contributed by atoms with Gasteiger partial charge in [0, 0.05) is 12.3 Å². The molecule has 5 heteroatoms. The fourth-order valence-electron chi connectivity index (χ4n) is 3.56. The molecule has 0 saturated carbocycles. The Labute approximate surface area is 165 Å². The minimum atomic E-state index is -1.70. The average molecular weight is 372 g/mol. The van der Waals surface area contributed by atoms with Crippen molar-refractivity contribution >= 4 is 17.8 Å². The van der Waals surface area contributed by atoms with E-state index in [1.807, 2.05) is 6.07 Å². The van der Waals surface area contributed by atoms with Gasteiger partial charge in [0.1, 0.15) is 5.41 Å². The van der Waals surface area contributed by atoms with Crippen LogP contribution in [0.2, 0.25) is 0 Å². The Kier molecular flexibility index (Phi) is 6.43. The highest BCUT2D eigenvalue weighted by Gasteiger charge is 2.60. The number of carbonyl (C=O) groups is 3. The normalized spacial score (nSPS) is 16.7. The van der Waals surface area contributed by atoms with Gasteiger partial charge < -0.3 is 0 Å². The lowest BCUT2D eigenvalue weighted by Crippen LogP contribution is -2.66. The van der Waals surface area contributed by atoms with Crippen LogP contribution in [0, 0.1) is 42.4 Å². The highest BCUT2D eigenvalue weighted by Crippen LogP contribution is 2.47. The molecule has 1 atom stereocenters. The summed E-state index contributed by atoms with van der Waals surface area (Å²) in [6.45, 7) is 3.19. The van der Waals surface area contributed by atoms with Gasteiger partial charge in [-0.3, -0.25) is 19.4 Å². The number of rotatable bonds is 7. The predicted molar refractivity (Wildman–Crippen MR) is 106 cm³/mol. The second kappa shape index (κ2) is 8.76. The van der Waals surface area contributed by atoms with Crippen LogP contribution >= 0.6 is 0 Å². The van der Waals surface area contributed by atoms with Gasteiger partial charge in [0.05, 0.1) is 13.1 Å². The van der Waals surface area contributed by atoms with Crippen molar-refractivity contribution in [3.8, 4) is 37.0 Å². The third-order valence-corrected chi connectivity index (χ3v) is 4.79. The van der Waals surface area contributed by atoms with E-state index >= 15 is 0 Å². The van der Waals surface area contributed by atoms with E-state index in [0.717, 1.165) is 15.4 Å². The van der Waals surface area contributed by atoms with Crippen LogP contribution in [-0.2, 0) is 9.59 Å². The lowest BCUT2D eigenvalue weighted by Gasteiger charge is -2.46. The number of carbonyl (C=O) groups excluding carboxylic acids is 3. The predicted octanol–water partition coefficient (Wildman–Crippen LogP) is 2.41. The first-order chi connectivity index (χ1) is 13.5. The van der Waals surface area contributed by atoms with E-state index in [0.29, 0.717) is 6.42 Å². The Morgan fingerprint density at radius 3 is 1.93 bits per heavy atom. The Balaban J connectivity index is 2.76. The number of urea groups is 1. The third kappa shape index (κ3) is 3.29. The topological polar surface area (TPSA) is 57.7 Å². The van der Waals surface area contributed by atoms with E-state index in [9.17, 15) is 14.4 Å². The van der Waals surface area contributed by atoms with Crippen LogP contribution in [0.5, 0.6) is 0 Å². The quantitative estimate of drug-likeness (QED) is 0.420. The molecule has 0 bridgehead atoms. The van der Waals surface area contributed by atoms with Gasteiger partial charge in [-0.15, -0.1) is 31.8 Å². The number of allylic oxidation sites excluding steroid dienone is 1. The molecule has 0 spiro atoms. The van der Waals surface area contributed by atoms with Gasteiger partial charge in [0.25, 0.3) is 0 Å². The minimum Gasteiger partial charge on any atom is -0.273 e. The van der Waals surface area contributed by atoms with E-state index < -0.39 is 29.2 Å². The number of hydrogen-bond acceptors (Lipinski definition) is 3. The summed E-state index contributed by atoms with van der Waals surface area (Å²) in [5.74, 6) is 4.98. The average Bonchev–Trinajstić information content (AvgIpc) is 2.71. The van der Waals surface area contributed by atoms with Crippen molar-refractivity contribution < 1.29 is 14.4 Å². The molecule has 2 rings (SSSR count). The molecule has 1 saturated heterocycles. The van der Waals surface area contributed by atoms with Crippen molar-refractivity contribution in [2.24, 2.45) is 5.41 Å². The van der Waals surface area contributed by atoms with Gasteiger partial charge in [0.15, 0.2) is 0 Å². The number of benzene rings is 1. The van der Waals surface area contributed by atoms with Crippen molar-refractivity contribution in [3.63, 3.8) is 0 Å². The lowest BCUT2D eigenvalue weighted by molar-refractivity contribution is -0.159. The maximum Gasteiger partial charge on any atom is 0.335 e. The Morgan fingerprint density at radius 1 is 0.964 bits per heavy atom.